The normalized spacial score (nSPS) is 16.7. The summed E-state index contributed by atoms with van der Waals surface area (Å²) in [5.74, 6) is -0.0489. The third-order valence-corrected chi connectivity index (χ3v) is 4.07. The molecule has 5 nitrogen and oxygen atoms in total. The molecule has 1 aromatic carbocycles. The van der Waals surface area contributed by atoms with Gasteiger partial charge in [0.05, 0.1) is 29.3 Å². The Morgan fingerprint density at radius 2 is 2.05 bits per heavy atom. The highest BCUT2D eigenvalue weighted by Crippen LogP contribution is 2.24. The Balaban J connectivity index is 1.71. The van der Waals surface area contributed by atoms with Crippen molar-refractivity contribution in [2.24, 2.45) is 0 Å². The maximum Gasteiger partial charge on any atom is 0.201 e. The monoisotopic (exact) mass is 312 g/mol. The van der Waals surface area contributed by atoms with Gasteiger partial charge in [-0.05, 0) is 12.5 Å². The van der Waals surface area contributed by atoms with Crippen LogP contribution in [-0.2, 0) is 11.3 Å². The van der Waals surface area contributed by atoms with Crippen molar-refractivity contribution in [3.8, 4) is 0 Å². The van der Waals surface area contributed by atoms with E-state index < -0.39 is 5.82 Å². The number of benzene rings is 1. The molecule has 1 fully saturated rings. The van der Waals surface area contributed by atoms with Gasteiger partial charge in [0.1, 0.15) is 5.82 Å². The van der Waals surface area contributed by atoms with Gasteiger partial charge in [-0.1, -0.05) is 11.6 Å². The molecule has 0 radical (unpaired) electrons. The lowest BCUT2D eigenvalue weighted by molar-refractivity contribution is 0.0370. The molecule has 0 aliphatic carbocycles. The lowest BCUT2D eigenvalue weighted by atomic mass is 10.3. The van der Waals surface area contributed by atoms with Crippen LogP contribution in [0.1, 0.15) is 6.42 Å². The molecular weight excluding hydrogens is 295 g/mol. The van der Waals surface area contributed by atoms with Crippen LogP contribution in [0.3, 0.4) is 0 Å². The van der Waals surface area contributed by atoms with E-state index in [1.165, 1.54) is 12.1 Å². The summed E-state index contributed by atoms with van der Waals surface area (Å²) in [7, 11) is 0. The van der Waals surface area contributed by atoms with Crippen molar-refractivity contribution >= 4 is 28.6 Å². The molecule has 3 rings (SSSR count). The Morgan fingerprint density at radius 1 is 1.29 bits per heavy atom. The number of hydrogen-bond donors (Lipinski definition) is 1. The lowest BCUT2D eigenvalue weighted by Crippen LogP contribution is -2.37. The third-order valence-electron chi connectivity index (χ3n) is 3.78. The number of imidazole rings is 1. The summed E-state index contributed by atoms with van der Waals surface area (Å²) in [6.45, 7) is 5.19. The van der Waals surface area contributed by atoms with Gasteiger partial charge >= 0.3 is 0 Å². The van der Waals surface area contributed by atoms with E-state index in [4.69, 9.17) is 22.1 Å². The number of rotatable bonds is 4. The Hall–Kier alpha value is -1.37. The Kier molecular flexibility index (Phi) is 4.28. The highest BCUT2D eigenvalue weighted by atomic mass is 35.5. The molecule has 7 heteroatoms. The summed E-state index contributed by atoms with van der Waals surface area (Å²) in [5.41, 5.74) is 7.25. The van der Waals surface area contributed by atoms with Crippen LogP contribution < -0.4 is 5.73 Å². The SMILES string of the molecule is Nc1nc2cc(Cl)c(F)cc2n1CCCN1CCOCC1. The number of nitrogens with zero attached hydrogens (tertiary/aromatic N) is 3. The second kappa shape index (κ2) is 6.17. The van der Waals surface area contributed by atoms with Gasteiger partial charge in [0.25, 0.3) is 0 Å². The number of hydrogen-bond acceptors (Lipinski definition) is 4. The van der Waals surface area contributed by atoms with Crippen molar-refractivity contribution in [3.63, 3.8) is 0 Å². The van der Waals surface area contributed by atoms with Crippen molar-refractivity contribution < 1.29 is 9.13 Å². The van der Waals surface area contributed by atoms with Crippen LogP contribution in [0.15, 0.2) is 12.1 Å². The number of nitrogen functional groups attached to an aromatic ring is 1. The molecule has 0 saturated carbocycles. The fourth-order valence-corrected chi connectivity index (χ4v) is 2.81. The predicted molar refractivity (Wildman–Crippen MR) is 81.0 cm³/mol. The number of fused-ring (bicyclic) bond motifs is 1. The zero-order valence-electron chi connectivity index (χ0n) is 11.7. The number of halogens is 2. The molecule has 1 aliphatic heterocycles. The van der Waals surface area contributed by atoms with Crippen LogP contribution in [0, 0.1) is 5.82 Å². The van der Waals surface area contributed by atoms with E-state index in [2.05, 4.69) is 9.88 Å². The summed E-state index contributed by atoms with van der Waals surface area (Å²) < 4.78 is 20.8. The number of nitrogens with two attached hydrogens (primary N) is 1. The molecule has 2 aromatic rings. The fourth-order valence-electron chi connectivity index (χ4n) is 2.65. The molecule has 0 unspecified atom stereocenters. The third kappa shape index (κ3) is 3.12. The first kappa shape index (κ1) is 14.6. The maximum absolute atomic E-state index is 13.6. The Labute approximate surface area is 127 Å². The van der Waals surface area contributed by atoms with E-state index in [-0.39, 0.29) is 5.02 Å². The molecule has 21 heavy (non-hydrogen) atoms. The molecule has 114 valence electrons. The van der Waals surface area contributed by atoms with Crippen molar-refractivity contribution in [3.05, 3.63) is 23.0 Å². The molecule has 0 bridgehead atoms. The molecule has 1 saturated heterocycles. The quantitative estimate of drug-likeness (QED) is 0.939. The summed E-state index contributed by atoms with van der Waals surface area (Å²) in [6, 6.07) is 2.91. The summed E-state index contributed by atoms with van der Waals surface area (Å²) >= 11 is 5.77. The van der Waals surface area contributed by atoms with E-state index in [1.54, 1.807) is 0 Å². The first-order valence-electron chi connectivity index (χ1n) is 7.06. The Morgan fingerprint density at radius 3 is 2.81 bits per heavy atom. The van der Waals surface area contributed by atoms with Gasteiger partial charge in [-0.15, -0.1) is 0 Å². The standard InChI is InChI=1S/C14H18ClFN4O/c15-10-8-12-13(9-11(10)16)20(14(17)18-12)3-1-2-19-4-6-21-7-5-19/h8-9H,1-7H2,(H2,17,18). The minimum atomic E-state index is -0.446. The number of ether oxygens (including phenoxy) is 1. The summed E-state index contributed by atoms with van der Waals surface area (Å²) in [5, 5.41) is 0.0699. The van der Waals surface area contributed by atoms with Gasteiger partial charge in [0.2, 0.25) is 5.95 Å². The number of anilines is 1. The van der Waals surface area contributed by atoms with Gasteiger partial charge in [0.15, 0.2) is 0 Å². The maximum atomic E-state index is 13.6. The predicted octanol–water partition coefficient (Wildman–Crippen LogP) is 2.13. The van der Waals surface area contributed by atoms with Gasteiger partial charge in [-0.3, -0.25) is 4.90 Å². The smallest absolute Gasteiger partial charge is 0.201 e. The molecule has 0 amide bonds. The van der Waals surface area contributed by atoms with E-state index in [9.17, 15) is 4.39 Å². The topological polar surface area (TPSA) is 56.3 Å². The molecule has 0 spiro atoms. The minimum absolute atomic E-state index is 0.0699. The van der Waals surface area contributed by atoms with Crippen LogP contribution in [0.2, 0.25) is 5.02 Å². The minimum Gasteiger partial charge on any atom is -0.379 e. The van der Waals surface area contributed by atoms with Gasteiger partial charge in [-0.25, -0.2) is 9.37 Å². The Bertz CT molecular complexity index is 639. The number of morpholine rings is 1. The lowest BCUT2D eigenvalue weighted by Gasteiger charge is -2.26. The largest absolute Gasteiger partial charge is 0.379 e. The zero-order chi connectivity index (χ0) is 14.8. The van der Waals surface area contributed by atoms with Crippen LogP contribution in [0.25, 0.3) is 11.0 Å². The first-order valence-corrected chi connectivity index (χ1v) is 7.44. The summed E-state index contributed by atoms with van der Waals surface area (Å²) in [4.78, 5) is 6.59. The van der Waals surface area contributed by atoms with Crippen LogP contribution in [0.4, 0.5) is 10.3 Å². The average molecular weight is 313 g/mol. The van der Waals surface area contributed by atoms with E-state index in [0.717, 1.165) is 39.3 Å². The molecule has 0 atom stereocenters. The van der Waals surface area contributed by atoms with E-state index >= 15 is 0 Å². The average Bonchev–Trinajstić information content (AvgIpc) is 2.76. The second-order valence-electron chi connectivity index (χ2n) is 5.18. The van der Waals surface area contributed by atoms with Gasteiger partial charge in [-0.2, -0.15) is 0 Å². The van der Waals surface area contributed by atoms with Crippen LogP contribution >= 0.6 is 11.6 Å². The summed E-state index contributed by atoms with van der Waals surface area (Å²) in [6.07, 6.45) is 0.930. The number of aryl methyl sites for hydroxylation is 1. The second-order valence-corrected chi connectivity index (χ2v) is 5.59. The molecule has 2 N–H and O–H groups in total. The molecule has 1 aliphatic rings. The van der Waals surface area contributed by atoms with Crippen LogP contribution in [-0.4, -0.2) is 47.3 Å². The van der Waals surface area contributed by atoms with E-state index in [1.807, 2.05) is 4.57 Å². The fraction of sp³-hybridized carbons (Fsp3) is 0.500. The highest BCUT2D eigenvalue weighted by Gasteiger charge is 2.13. The van der Waals surface area contributed by atoms with E-state index in [0.29, 0.717) is 23.5 Å². The van der Waals surface area contributed by atoms with Crippen LogP contribution in [0.5, 0.6) is 0 Å². The molecule has 1 aromatic heterocycles. The van der Waals surface area contributed by atoms with Crippen molar-refractivity contribution in [2.45, 2.75) is 13.0 Å². The first-order chi connectivity index (χ1) is 10.1. The number of aromatic nitrogens is 2. The van der Waals surface area contributed by atoms with Crippen molar-refractivity contribution in [1.82, 2.24) is 14.5 Å². The van der Waals surface area contributed by atoms with Crippen molar-refractivity contribution in [1.29, 1.82) is 0 Å². The van der Waals surface area contributed by atoms with Gasteiger partial charge in [0, 0.05) is 32.2 Å². The zero-order valence-corrected chi connectivity index (χ0v) is 12.4. The highest BCUT2D eigenvalue weighted by molar-refractivity contribution is 6.31. The van der Waals surface area contributed by atoms with Crippen molar-refractivity contribution in [2.75, 3.05) is 38.6 Å². The molecular formula is C14H18ClFN4O. The molecule has 2 heterocycles. The van der Waals surface area contributed by atoms with Gasteiger partial charge < -0.3 is 15.0 Å².